The predicted molar refractivity (Wildman–Crippen MR) is 57.4 cm³/mol. The summed E-state index contributed by atoms with van der Waals surface area (Å²) in [7, 11) is 0. The largest absolute Gasteiger partial charge is 0.507 e. The zero-order valence-electron chi connectivity index (χ0n) is 7.75. The van der Waals surface area contributed by atoms with Crippen molar-refractivity contribution in [3.63, 3.8) is 0 Å². The van der Waals surface area contributed by atoms with Gasteiger partial charge in [-0.05, 0) is 25.0 Å². The van der Waals surface area contributed by atoms with E-state index < -0.39 is 0 Å². The molecule has 2 aromatic rings. The van der Waals surface area contributed by atoms with E-state index >= 15 is 0 Å². The Morgan fingerprint density at radius 3 is 2.93 bits per heavy atom. The van der Waals surface area contributed by atoms with Crippen LogP contribution in [0.5, 0.6) is 5.75 Å². The van der Waals surface area contributed by atoms with Crippen LogP contribution in [0.2, 0.25) is 0 Å². The number of phenolic OH excluding ortho intramolecular Hbond substituents is 1. The average molecular weight is 185 g/mol. The highest BCUT2D eigenvalue weighted by Crippen LogP contribution is 2.18. The lowest BCUT2D eigenvalue weighted by molar-refractivity contribution is 0.481. The first kappa shape index (κ1) is 7.68. The van der Waals surface area contributed by atoms with Crippen LogP contribution in [0.25, 0.3) is 23.1 Å². The van der Waals surface area contributed by atoms with Crippen LogP contribution in [0, 0.1) is 0 Å². The van der Waals surface area contributed by atoms with Gasteiger partial charge in [0.05, 0.1) is 5.52 Å². The minimum atomic E-state index is 0.367. The molecule has 0 atom stereocenters. The molecule has 1 aromatic heterocycles. The highest BCUT2D eigenvalue weighted by Gasteiger charge is 2.05. The van der Waals surface area contributed by atoms with Crippen molar-refractivity contribution in [2.75, 3.05) is 0 Å². The Hall–Kier alpha value is -1.70. The molecule has 1 aromatic carbocycles. The van der Waals surface area contributed by atoms with Crippen molar-refractivity contribution in [2.24, 2.45) is 0 Å². The zero-order chi connectivity index (χ0) is 9.54. The Morgan fingerprint density at radius 1 is 1.14 bits per heavy atom. The summed E-state index contributed by atoms with van der Waals surface area (Å²) in [5.74, 6) is 0.367. The van der Waals surface area contributed by atoms with Crippen molar-refractivity contribution in [1.29, 1.82) is 0 Å². The SMILES string of the molecule is Oc1cccc2[nH]c3c(c12)=CCCC=3. The van der Waals surface area contributed by atoms with Crippen molar-refractivity contribution in [1.82, 2.24) is 4.98 Å². The van der Waals surface area contributed by atoms with Gasteiger partial charge in [0.15, 0.2) is 0 Å². The topological polar surface area (TPSA) is 36.0 Å². The number of aromatic hydroxyl groups is 1. The highest BCUT2D eigenvalue weighted by molar-refractivity contribution is 5.87. The maximum absolute atomic E-state index is 9.76. The third-order valence-electron chi connectivity index (χ3n) is 2.73. The summed E-state index contributed by atoms with van der Waals surface area (Å²) < 4.78 is 0. The van der Waals surface area contributed by atoms with Gasteiger partial charge in [0.25, 0.3) is 0 Å². The van der Waals surface area contributed by atoms with Crippen molar-refractivity contribution < 1.29 is 5.11 Å². The van der Waals surface area contributed by atoms with Crippen LogP contribution in [-0.4, -0.2) is 10.1 Å². The smallest absolute Gasteiger partial charge is 0.125 e. The van der Waals surface area contributed by atoms with Gasteiger partial charge in [-0.3, -0.25) is 0 Å². The van der Waals surface area contributed by atoms with Crippen molar-refractivity contribution >= 4 is 23.1 Å². The number of aromatic nitrogens is 1. The number of fused-ring (bicyclic) bond motifs is 3. The first-order chi connectivity index (χ1) is 6.86. The summed E-state index contributed by atoms with van der Waals surface area (Å²) in [5.41, 5.74) is 1.02. The number of hydrogen-bond acceptors (Lipinski definition) is 1. The Balaban J connectivity index is 2.64. The van der Waals surface area contributed by atoms with E-state index in [1.165, 1.54) is 0 Å². The Labute approximate surface area is 81.2 Å². The summed E-state index contributed by atoms with van der Waals surface area (Å²) >= 11 is 0. The molecule has 0 aliphatic heterocycles. The van der Waals surface area contributed by atoms with Gasteiger partial charge < -0.3 is 10.1 Å². The van der Waals surface area contributed by atoms with Crippen LogP contribution >= 0.6 is 0 Å². The fourth-order valence-electron chi connectivity index (χ4n) is 2.10. The zero-order valence-corrected chi connectivity index (χ0v) is 7.75. The predicted octanol–water partition coefficient (Wildman–Crippen LogP) is 1.23. The van der Waals surface area contributed by atoms with Gasteiger partial charge in [-0.2, -0.15) is 0 Å². The van der Waals surface area contributed by atoms with Crippen LogP contribution in [0.3, 0.4) is 0 Å². The number of nitrogens with one attached hydrogen (secondary N) is 1. The number of benzene rings is 1. The molecular weight excluding hydrogens is 174 g/mol. The van der Waals surface area contributed by atoms with E-state index in [9.17, 15) is 5.11 Å². The summed E-state index contributed by atoms with van der Waals surface area (Å²) in [4.78, 5) is 3.31. The number of H-pyrrole nitrogens is 1. The number of phenols is 1. The molecule has 0 saturated heterocycles. The minimum absolute atomic E-state index is 0.367. The van der Waals surface area contributed by atoms with Crippen molar-refractivity contribution in [3.8, 4) is 5.75 Å². The molecule has 0 radical (unpaired) electrons. The van der Waals surface area contributed by atoms with Crippen molar-refractivity contribution in [2.45, 2.75) is 12.8 Å². The highest BCUT2D eigenvalue weighted by atomic mass is 16.3. The van der Waals surface area contributed by atoms with Crippen LogP contribution < -0.4 is 10.6 Å². The summed E-state index contributed by atoms with van der Waals surface area (Å²) in [5, 5.41) is 13.0. The third-order valence-corrected chi connectivity index (χ3v) is 2.73. The van der Waals surface area contributed by atoms with E-state index in [-0.39, 0.29) is 0 Å². The minimum Gasteiger partial charge on any atom is -0.507 e. The van der Waals surface area contributed by atoms with Crippen LogP contribution in [0.15, 0.2) is 18.2 Å². The fraction of sp³-hybridized carbons (Fsp3) is 0.167. The normalized spacial score (nSPS) is 14.6. The van der Waals surface area contributed by atoms with Crippen LogP contribution in [0.4, 0.5) is 0 Å². The first-order valence-corrected chi connectivity index (χ1v) is 4.86. The molecule has 1 aliphatic carbocycles. The summed E-state index contributed by atoms with van der Waals surface area (Å²) in [6.07, 6.45) is 6.53. The average Bonchev–Trinajstić information content (AvgIpc) is 2.57. The standard InChI is InChI=1S/C12H11NO/c14-11-7-3-6-10-12(11)8-4-1-2-5-9(8)13-10/h3-7,13-14H,1-2H2. The first-order valence-electron chi connectivity index (χ1n) is 4.86. The molecule has 0 fully saturated rings. The number of rotatable bonds is 0. The lowest BCUT2D eigenvalue weighted by atomic mass is 10.1. The number of aromatic amines is 1. The second kappa shape index (κ2) is 2.64. The van der Waals surface area contributed by atoms with Gasteiger partial charge in [0.2, 0.25) is 0 Å². The molecule has 3 rings (SSSR count). The monoisotopic (exact) mass is 185 g/mol. The maximum Gasteiger partial charge on any atom is 0.125 e. The Morgan fingerprint density at radius 2 is 2.00 bits per heavy atom. The second-order valence-corrected chi connectivity index (χ2v) is 3.64. The Kier molecular flexibility index (Phi) is 1.45. The number of hydrogen-bond donors (Lipinski definition) is 2. The molecule has 0 spiro atoms. The van der Waals surface area contributed by atoms with Crippen LogP contribution in [0.1, 0.15) is 12.8 Å². The second-order valence-electron chi connectivity index (χ2n) is 3.64. The molecule has 0 unspecified atom stereocenters. The van der Waals surface area contributed by atoms with E-state index in [0.717, 1.165) is 34.3 Å². The van der Waals surface area contributed by atoms with Gasteiger partial charge in [0, 0.05) is 16.0 Å². The molecular formula is C12H11NO. The lowest BCUT2D eigenvalue weighted by Crippen LogP contribution is -2.24. The molecule has 1 heterocycles. The third kappa shape index (κ3) is 0.909. The molecule has 1 aliphatic rings. The van der Waals surface area contributed by atoms with Crippen LogP contribution in [-0.2, 0) is 0 Å². The quantitative estimate of drug-likeness (QED) is 0.636. The lowest BCUT2D eigenvalue weighted by Gasteiger charge is -1.95. The summed E-state index contributed by atoms with van der Waals surface area (Å²) in [6.45, 7) is 0. The Bertz CT molecular complexity index is 607. The summed E-state index contributed by atoms with van der Waals surface area (Å²) in [6, 6.07) is 5.59. The molecule has 0 saturated carbocycles. The van der Waals surface area contributed by atoms with Gasteiger partial charge in [-0.15, -0.1) is 0 Å². The van der Waals surface area contributed by atoms with Gasteiger partial charge in [-0.1, -0.05) is 18.2 Å². The van der Waals surface area contributed by atoms with Gasteiger partial charge in [0.1, 0.15) is 5.75 Å². The molecule has 14 heavy (non-hydrogen) atoms. The fourth-order valence-corrected chi connectivity index (χ4v) is 2.10. The van der Waals surface area contributed by atoms with Gasteiger partial charge >= 0.3 is 0 Å². The van der Waals surface area contributed by atoms with Crippen molar-refractivity contribution in [3.05, 3.63) is 28.8 Å². The molecule has 2 heteroatoms. The van der Waals surface area contributed by atoms with E-state index in [1.807, 2.05) is 12.1 Å². The van der Waals surface area contributed by atoms with E-state index in [0.29, 0.717) is 5.75 Å². The maximum atomic E-state index is 9.76. The molecule has 2 nitrogen and oxygen atoms in total. The molecule has 2 N–H and O–H groups in total. The molecule has 0 amide bonds. The van der Waals surface area contributed by atoms with E-state index in [4.69, 9.17) is 0 Å². The molecule has 0 bridgehead atoms. The van der Waals surface area contributed by atoms with E-state index in [1.54, 1.807) is 6.07 Å². The molecule has 70 valence electrons. The van der Waals surface area contributed by atoms with E-state index in [2.05, 4.69) is 17.1 Å². The van der Waals surface area contributed by atoms with Gasteiger partial charge in [-0.25, -0.2) is 0 Å².